The lowest BCUT2D eigenvalue weighted by atomic mass is 10.1. The maximum absolute atomic E-state index is 12.3. The lowest BCUT2D eigenvalue weighted by Gasteiger charge is -2.06. The van der Waals surface area contributed by atoms with Crippen LogP contribution in [-0.2, 0) is 0 Å². The van der Waals surface area contributed by atoms with Gasteiger partial charge in [-0.05, 0) is 36.4 Å². The summed E-state index contributed by atoms with van der Waals surface area (Å²) in [6.45, 7) is 0. The predicted molar refractivity (Wildman–Crippen MR) is 98.9 cm³/mol. The van der Waals surface area contributed by atoms with Crippen molar-refractivity contribution in [1.82, 2.24) is 9.97 Å². The van der Waals surface area contributed by atoms with Gasteiger partial charge in [-0.25, -0.2) is 9.97 Å². The molecule has 0 atom stereocenters. The second kappa shape index (κ2) is 7.67. The number of rotatable bonds is 6. The minimum Gasteiger partial charge on any atom is -0.457 e. The van der Waals surface area contributed by atoms with Crippen LogP contribution in [0.5, 0.6) is 11.5 Å². The van der Waals surface area contributed by atoms with Crippen LogP contribution in [-0.4, -0.2) is 21.5 Å². The number of nitrogens with two attached hydrogens (primary N) is 2. The summed E-state index contributed by atoms with van der Waals surface area (Å²) in [6, 6.07) is 17.9. The number of anilines is 2. The van der Waals surface area contributed by atoms with E-state index in [1.807, 2.05) is 30.3 Å². The first-order chi connectivity index (χ1) is 12.1. The topological polar surface area (TPSA) is 104 Å². The molecule has 3 rings (SSSR count). The van der Waals surface area contributed by atoms with E-state index >= 15 is 0 Å². The lowest BCUT2D eigenvalue weighted by molar-refractivity contribution is 0.102. The third kappa shape index (κ3) is 4.71. The summed E-state index contributed by atoms with van der Waals surface area (Å²) in [5.41, 5.74) is 11.8. The number of nitrogen functional groups attached to an aromatic ring is 2. The number of ether oxygens (including phenoxy) is 1. The van der Waals surface area contributed by atoms with Gasteiger partial charge in [-0.1, -0.05) is 30.0 Å². The number of Topliss-reactive ketones (excluding diaryl/α,β-unsaturated/α-hetero) is 1. The lowest BCUT2D eigenvalue weighted by Crippen LogP contribution is -2.04. The summed E-state index contributed by atoms with van der Waals surface area (Å²) in [5.74, 6) is 2.13. The van der Waals surface area contributed by atoms with Crippen LogP contribution in [0.1, 0.15) is 10.4 Å². The molecule has 0 saturated carbocycles. The molecule has 7 heteroatoms. The molecule has 25 heavy (non-hydrogen) atoms. The Hall–Kier alpha value is -3.06. The van der Waals surface area contributed by atoms with Gasteiger partial charge in [-0.3, -0.25) is 4.79 Å². The van der Waals surface area contributed by atoms with E-state index in [0.717, 1.165) is 5.75 Å². The third-order valence-electron chi connectivity index (χ3n) is 3.23. The number of benzene rings is 2. The van der Waals surface area contributed by atoms with E-state index in [-0.39, 0.29) is 23.2 Å². The monoisotopic (exact) mass is 352 g/mol. The number of aromatic nitrogens is 2. The average molecular weight is 352 g/mol. The van der Waals surface area contributed by atoms with Gasteiger partial charge in [-0.2, -0.15) is 0 Å². The Labute approximate surface area is 149 Å². The molecule has 1 heterocycles. The maximum Gasteiger partial charge on any atom is 0.191 e. The average Bonchev–Trinajstić information content (AvgIpc) is 2.60. The molecule has 0 saturated heterocycles. The molecule has 0 radical (unpaired) electrons. The van der Waals surface area contributed by atoms with Gasteiger partial charge >= 0.3 is 0 Å². The van der Waals surface area contributed by atoms with Crippen LogP contribution < -0.4 is 16.2 Å². The second-order valence-corrected chi connectivity index (χ2v) is 6.09. The SMILES string of the molecule is Nc1cc(N)nc(SCC(=O)c2ccc(Oc3ccccc3)cc2)n1. The molecule has 6 nitrogen and oxygen atoms in total. The summed E-state index contributed by atoms with van der Waals surface area (Å²) >= 11 is 1.20. The van der Waals surface area contributed by atoms with Crippen LogP contribution in [0.25, 0.3) is 0 Å². The van der Waals surface area contributed by atoms with Crippen molar-refractivity contribution in [2.24, 2.45) is 0 Å². The molecular formula is C18H16N4O2S. The van der Waals surface area contributed by atoms with E-state index in [0.29, 0.717) is 16.5 Å². The molecule has 0 bridgehead atoms. The number of carbonyl (C=O) groups is 1. The number of carbonyl (C=O) groups excluding carboxylic acids is 1. The quantitative estimate of drug-likeness (QED) is 0.398. The standard InChI is InChI=1S/C18H16N4O2S/c19-16-10-17(20)22-18(21-16)25-11-15(23)12-6-8-14(9-7-12)24-13-4-2-1-3-5-13/h1-10H,11H2,(H4,19,20,21,22). The van der Waals surface area contributed by atoms with E-state index < -0.39 is 0 Å². The Kier molecular flexibility index (Phi) is 5.15. The van der Waals surface area contributed by atoms with E-state index in [4.69, 9.17) is 16.2 Å². The zero-order chi connectivity index (χ0) is 17.6. The molecule has 0 amide bonds. The molecule has 0 spiro atoms. The van der Waals surface area contributed by atoms with E-state index in [9.17, 15) is 4.79 Å². The van der Waals surface area contributed by atoms with Gasteiger partial charge in [0, 0.05) is 11.6 Å². The Morgan fingerprint density at radius 1 is 0.920 bits per heavy atom. The van der Waals surface area contributed by atoms with Crippen LogP contribution in [0.2, 0.25) is 0 Å². The predicted octanol–water partition coefficient (Wildman–Crippen LogP) is 3.41. The fraction of sp³-hybridized carbons (Fsp3) is 0.0556. The molecule has 0 aliphatic carbocycles. The van der Waals surface area contributed by atoms with Crippen molar-refractivity contribution in [3.63, 3.8) is 0 Å². The van der Waals surface area contributed by atoms with Crippen LogP contribution in [0.4, 0.5) is 11.6 Å². The molecule has 0 aliphatic rings. The normalized spacial score (nSPS) is 10.4. The molecule has 3 aromatic rings. The van der Waals surface area contributed by atoms with Gasteiger partial charge in [0.2, 0.25) is 0 Å². The summed E-state index contributed by atoms with van der Waals surface area (Å²) < 4.78 is 5.70. The first-order valence-corrected chi connectivity index (χ1v) is 8.48. The third-order valence-corrected chi connectivity index (χ3v) is 4.08. The van der Waals surface area contributed by atoms with Crippen molar-refractivity contribution in [2.45, 2.75) is 5.16 Å². The fourth-order valence-electron chi connectivity index (χ4n) is 2.07. The van der Waals surface area contributed by atoms with Gasteiger partial charge in [-0.15, -0.1) is 0 Å². The molecule has 4 N–H and O–H groups in total. The minimum absolute atomic E-state index is 0.0409. The highest BCUT2D eigenvalue weighted by Crippen LogP contribution is 2.22. The molecule has 1 aromatic heterocycles. The summed E-state index contributed by atoms with van der Waals surface area (Å²) in [6.07, 6.45) is 0. The van der Waals surface area contributed by atoms with E-state index in [1.165, 1.54) is 17.8 Å². The molecular weight excluding hydrogens is 336 g/mol. The van der Waals surface area contributed by atoms with Crippen molar-refractivity contribution in [3.05, 3.63) is 66.2 Å². The maximum atomic E-state index is 12.3. The molecule has 0 fully saturated rings. The zero-order valence-electron chi connectivity index (χ0n) is 13.3. The Morgan fingerprint density at radius 3 is 2.16 bits per heavy atom. The first kappa shape index (κ1) is 16.8. The van der Waals surface area contributed by atoms with Gasteiger partial charge in [0.15, 0.2) is 10.9 Å². The highest BCUT2D eigenvalue weighted by molar-refractivity contribution is 7.99. The molecule has 126 valence electrons. The number of nitrogens with zero attached hydrogens (tertiary/aromatic N) is 2. The number of thioether (sulfide) groups is 1. The van der Waals surface area contributed by atoms with Gasteiger partial charge in [0.25, 0.3) is 0 Å². The highest BCUT2D eigenvalue weighted by Gasteiger charge is 2.09. The van der Waals surface area contributed by atoms with Gasteiger partial charge in [0.05, 0.1) is 5.75 Å². The van der Waals surface area contributed by atoms with Gasteiger partial charge in [0.1, 0.15) is 23.1 Å². The van der Waals surface area contributed by atoms with Crippen molar-refractivity contribution in [2.75, 3.05) is 17.2 Å². The van der Waals surface area contributed by atoms with E-state index in [1.54, 1.807) is 24.3 Å². The minimum atomic E-state index is -0.0409. The fourth-order valence-corrected chi connectivity index (χ4v) is 2.84. The first-order valence-electron chi connectivity index (χ1n) is 7.49. The van der Waals surface area contributed by atoms with Crippen LogP contribution >= 0.6 is 11.8 Å². The molecule has 0 unspecified atom stereocenters. The number of hydrogen-bond donors (Lipinski definition) is 2. The van der Waals surface area contributed by atoms with E-state index in [2.05, 4.69) is 9.97 Å². The molecule has 0 aliphatic heterocycles. The van der Waals surface area contributed by atoms with Crippen LogP contribution in [0.15, 0.2) is 65.8 Å². The number of para-hydroxylation sites is 1. The van der Waals surface area contributed by atoms with Gasteiger partial charge < -0.3 is 16.2 Å². The van der Waals surface area contributed by atoms with Crippen LogP contribution in [0, 0.1) is 0 Å². The highest BCUT2D eigenvalue weighted by atomic mass is 32.2. The summed E-state index contributed by atoms with van der Waals surface area (Å²) in [5, 5.41) is 0.384. The Balaban J connectivity index is 1.60. The molecule has 2 aromatic carbocycles. The van der Waals surface area contributed by atoms with Crippen molar-refractivity contribution < 1.29 is 9.53 Å². The van der Waals surface area contributed by atoms with Crippen molar-refractivity contribution >= 4 is 29.2 Å². The Morgan fingerprint density at radius 2 is 1.52 bits per heavy atom. The van der Waals surface area contributed by atoms with Crippen LogP contribution in [0.3, 0.4) is 0 Å². The largest absolute Gasteiger partial charge is 0.457 e. The zero-order valence-corrected chi connectivity index (χ0v) is 14.1. The van der Waals surface area contributed by atoms with Crippen molar-refractivity contribution in [3.8, 4) is 11.5 Å². The smallest absolute Gasteiger partial charge is 0.191 e. The number of ketones is 1. The van der Waals surface area contributed by atoms with Crippen molar-refractivity contribution in [1.29, 1.82) is 0 Å². The summed E-state index contributed by atoms with van der Waals surface area (Å²) in [4.78, 5) is 20.4. The summed E-state index contributed by atoms with van der Waals surface area (Å²) in [7, 11) is 0. The Bertz CT molecular complexity index is 850. The number of hydrogen-bond acceptors (Lipinski definition) is 7. The second-order valence-electron chi connectivity index (χ2n) is 5.15.